The topological polar surface area (TPSA) is 60.6 Å². The summed E-state index contributed by atoms with van der Waals surface area (Å²) in [7, 11) is 0. The third-order valence-corrected chi connectivity index (χ3v) is 14.4. The average Bonchev–Trinajstić information content (AvgIpc) is 4.21. The molecule has 5 nitrogen and oxygen atoms in total. The number of fused-ring (bicyclic) bond motifs is 8. The zero-order valence-corrected chi connectivity index (χ0v) is 39.9. The van der Waals surface area contributed by atoms with Gasteiger partial charge in [0.25, 0.3) is 0 Å². The van der Waals surface area contributed by atoms with E-state index in [1.165, 1.54) is 112 Å². The molecule has 2 N–H and O–H groups in total. The molecule has 2 aromatic carbocycles. The molecule has 2 saturated carbocycles. The van der Waals surface area contributed by atoms with Gasteiger partial charge in [0.05, 0.1) is 44.9 Å². The third-order valence-electron chi connectivity index (χ3n) is 14.4. The summed E-state index contributed by atoms with van der Waals surface area (Å²) in [5, 5.41) is 0. The van der Waals surface area contributed by atoms with Crippen molar-refractivity contribution in [1.82, 2.24) is 19.9 Å². The zero-order chi connectivity index (χ0) is 45.1. The number of benzene rings is 2. The number of aromatic amines is 2. The molecule has 4 aliphatic rings. The van der Waals surface area contributed by atoms with Gasteiger partial charge < -0.3 is 14.9 Å². The number of aromatic nitrogens is 4. The Hall–Kier alpha value is -6.04. The highest BCUT2D eigenvalue weighted by Crippen LogP contribution is 2.40. The first kappa shape index (κ1) is 45.1. The summed E-state index contributed by atoms with van der Waals surface area (Å²) in [6.07, 6.45) is 31.1. The van der Waals surface area contributed by atoms with Crippen LogP contribution >= 0.6 is 0 Å². The lowest BCUT2D eigenvalue weighted by molar-refractivity contribution is 0.444. The van der Waals surface area contributed by atoms with Crippen molar-refractivity contribution in [1.29, 1.82) is 0 Å². The number of hydrogen-bond acceptors (Lipinski definition) is 3. The first-order valence-electron chi connectivity index (χ1n) is 25.7. The van der Waals surface area contributed by atoms with Crippen LogP contribution in [0.4, 0.5) is 5.69 Å². The Balaban J connectivity index is 1.21. The second-order valence-electron chi connectivity index (χ2n) is 19.3. The van der Waals surface area contributed by atoms with Crippen LogP contribution in [0.1, 0.15) is 203 Å². The van der Waals surface area contributed by atoms with Crippen LogP contribution in [0, 0.1) is 30.6 Å². The molecule has 9 rings (SSSR count). The van der Waals surface area contributed by atoms with Gasteiger partial charge in [0.2, 0.25) is 0 Å². The SMILES string of the molecule is CCCCCCN(CCCCCC)c1ccc(C#Cc2c3ccc([nH]3)c(C3CCCCC3)c3nc(c(C#Cc4ccc(C)cc4)c4nc(c(C5CCCCC5)c5ccc2[nH]5)C=C4)C=C3)cc1. The Bertz CT molecular complexity index is 2690. The van der Waals surface area contributed by atoms with Crippen molar-refractivity contribution in [3.05, 3.63) is 135 Å². The van der Waals surface area contributed by atoms with Gasteiger partial charge in [-0.05, 0) is 142 Å². The minimum absolute atomic E-state index is 0.410. The molecule has 338 valence electrons. The van der Waals surface area contributed by atoms with E-state index in [9.17, 15) is 0 Å². The molecule has 5 aromatic rings. The summed E-state index contributed by atoms with van der Waals surface area (Å²) in [6.45, 7) is 8.93. The fraction of sp³-hybridized carbons (Fsp3) is 0.410. The fourth-order valence-electron chi connectivity index (χ4n) is 10.6. The van der Waals surface area contributed by atoms with Crippen LogP contribution in [-0.2, 0) is 0 Å². The standard InChI is InChI=1S/C61H69N5/c1-4-6-8-16-42-66(43-17-9-7-5-2)49-30-26-46(27-31-49)29-33-51-54-36-40-58(64-54)60(47-18-12-10-13-19-47)56-38-34-52(62-56)50(32-28-45-24-22-44(3)23-25-45)53-35-39-57(63-53)61(48-20-14-11-15-21-48)59-41-37-55(51)65-59/h22-27,30-31,34-41,47-48,64-65H,4-21,42-43H2,1-3H3. The van der Waals surface area contributed by atoms with Crippen LogP contribution < -0.4 is 4.90 Å². The zero-order valence-electron chi connectivity index (χ0n) is 39.9. The largest absolute Gasteiger partial charge is 0.372 e. The molecule has 0 unspecified atom stereocenters. The molecule has 2 aliphatic carbocycles. The van der Waals surface area contributed by atoms with Crippen molar-refractivity contribution in [2.75, 3.05) is 18.0 Å². The van der Waals surface area contributed by atoms with E-state index >= 15 is 0 Å². The number of anilines is 1. The molecule has 5 heterocycles. The smallest absolute Gasteiger partial charge is 0.0816 e. The van der Waals surface area contributed by atoms with Gasteiger partial charge in [-0.15, -0.1) is 0 Å². The molecule has 3 aromatic heterocycles. The lowest BCUT2D eigenvalue weighted by Gasteiger charge is -2.25. The Kier molecular flexibility index (Phi) is 15.0. The van der Waals surface area contributed by atoms with Crippen molar-refractivity contribution in [3.63, 3.8) is 0 Å². The summed E-state index contributed by atoms with van der Waals surface area (Å²) < 4.78 is 0. The molecule has 0 saturated heterocycles. The average molecular weight is 872 g/mol. The number of unbranched alkanes of at least 4 members (excludes halogenated alkanes) is 6. The summed E-state index contributed by atoms with van der Waals surface area (Å²) >= 11 is 0. The summed E-state index contributed by atoms with van der Waals surface area (Å²) in [5.41, 5.74) is 17.0. The number of nitrogens with zero attached hydrogens (tertiary/aromatic N) is 3. The number of nitrogens with one attached hydrogen (secondary N) is 2. The van der Waals surface area contributed by atoms with Crippen LogP contribution in [0.5, 0.6) is 0 Å². The highest BCUT2D eigenvalue weighted by molar-refractivity contribution is 5.86. The van der Waals surface area contributed by atoms with Crippen LogP contribution in [0.25, 0.3) is 46.4 Å². The van der Waals surface area contributed by atoms with Crippen molar-refractivity contribution in [2.24, 2.45) is 0 Å². The predicted molar refractivity (Wildman–Crippen MR) is 281 cm³/mol. The first-order valence-corrected chi connectivity index (χ1v) is 25.7. The van der Waals surface area contributed by atoms with Gasteiger partial charge in [-0.25, -0.2) is 9.97 Å². The molecular formula is C61H69N5. The van der Waals surface area contributed by atoms with E-state index in [0.717, 1.165) is 106 Å². The monoisotopic (exact) mass is 872 g/mol. The quantitative estimate of drug-likeness (QED) is 0.0896. The van der Waals surface area contributed by atoms with Crippen molar-refractivity contribution < 1.29 is 0 Å². The molecule has 2 fully saturated rings. The Morgan fingerprint density at radius 1 is 0.470 bits per heavy atom. The van der Waals surface area contributed by atoms with Gasteiger partial charge in [0, 0.05) is 52.1 Å². The van der Waals surface area contributed by atoms with E-state index in [4.69, 9.17) is 9.97 Å². The van der Waals surface area contributed by atoms with Gasteiger partial charge in [0.15, 0.2) is 0 Å². The molecular weight excluding hydrogens is 803 g/mol. The number of aryl methyl sites for hydroxylation is 1. The lowest BCUT2D eigenvalue weighted by Crippen LogP contribution is -2.25. The molecule has 0 amide bonds. The Labute approximate surface area is 394 Å². The van der Waals surface area contributed by atoms with E-state index in [2.05, 4.69) is 156 Å². The Morgan fingerprint density at radius 3 is 1.39 bits per heavy atom. The minimum atomic E-state index is 0.410. The van der Waals surface area contributed by atoms with Crippen LogP contribution in [0.2, 0.25) is 0 Å². The normalized spacial score (nSPS) is 15.0. The number of H-pyrrole nitrogens is 2. The van der Waals surface area contributed by atoms with Crippen LogP contribution in [0.15, 0.2) is 72.8 Å². The van der Waals surface area contributed by atoms with E-state index < -0.39 is 0 Å². The molecule has 0 atom stereocenters. The van der Waals surface area contributed by atoms with Gasteiger partial charge >= 0.3 is 0 Å². The van der Waals surface area contributed by atoms with Gasteiger partial charge in [0.1, 0.15) is 0 Å². The fourth-order valence-corrected chi connectivity index (χ4v) is 10.6. The van der Waals surface area contributed by atoms with Crippen molar-refractivity contribution in [3.8, 4) is 23.7 Å². The van der Waals surface area contributed by atoms with Crippen molar-refractivity contribution in [2.45, 2.75) is 148 Å². The second kappa shape index (κ2) is 22.0. The second-order valence-corrected chi connectivity index (χ2v) is 19.3. The number of rotatable bonds is 13. The van der Waals surface area contributed by atoms with Crippen LogP contribution in [0.3, 0.4) is 0 Å². The highest BCUT2D eigenvalue weighted by atomic mass is 15.1. The molecule has 8 bridgehead atoms. The number of hydrogen-bond donors (Lipinski definition) is 2. The summed E-state index contributed by atoms with van der Waals surface area (Å²) in [4.78, 5) is 21.4. The lowest BCUT2D eigenvalue weighted by atomic mass is 9.83. The molecule has 2 aliphatic heterocycles. The third kappa shape index (κ3) is 10.8. The minimum Gasteiger partial charge on any atom is -0.372 e. The van der Waals surface area contributed by atoms with Crippen molar-refractivity contribution >= 4 is 52.1 Å². The molecule has 0 spiro atoms. The molecule has 5 heteroatoms. The maximum atomic E-state index is 5.47. The van der Waals surface area contributed by atoms with Gasteiger partial charge in [-0.2, -0.15) is 0 Å². The first-order chi connectivity index (χ1) is 32.5. The van der Waals surface area contributed by atoms with Crippen LogP contribution in [-0.4, -0.2) is 33.0 Å². The predicted octanol–water partition coefficient (Wildman–Crippen LogP) is 15.8. The molecule has 0 radical (unpaired) electrons. The summed E-state index contributed by atoms with van der Waals surface area (Å²) in [5.74, 6) is 15.3. The highest BCUT2D eigenvalue weighted by Gasteiger charge is 2.25. The van der Waals surface area contributed by atoms with E-state index in [1.54, 1.807) is 0 Å². The van der Waals surface area contributed by atoms with Gasteiger partial charge in [-0.1, -0.05) is 132 Å². The van der Waals surface area contributed by atoms with E-state index in [1.807, 2.05) is 0 Å². The van der Waals surface area contributed by atoms with E-state index in [-0.39, 0.29) is 0 Å². The Morgan fingerprint density at radius 2 is 0.909 bits per heavy atom. The molecule has 66 heavy (non-hydrogen) atoms. The van der Waals surface area contributed by atoms with E-state index in [0.29, 0.717) is 11.8 Å². The maximum Gasteiger partial charge on any atom is 0.0816 e. The summed E-state index contributed by atoms with van der Waals surface area (Å²) in [6, 6.07) is 26.5. The van der Waals surface area contributed by atoms with Gasteiger partial charge in [-0.3, -0.25) is 0 Å². The maximum absolute atomic E-state index is 5.47.